The molecule has 128 valence electrons. The van der Waals surface area contributed by atoms with E-state index in [0.717, 1.165) is 25.7 Å². The molecule has 1 aliphatic carbocycles. The van der Waals surface area contributed by atoms with E-state index in [1.54, 1.807) is 7.11 Å². The largest absolute Gasteiger partial charge is 0.417 e. The normalized spacial score (nSPS) is 29.2. The minimum absolute atomic E-state index is 0.0467. The molecule has 2 rings (SSSR count). The van der Waals surface area contributed by atoms with Crippen molar-refractivity contribution in [3.8, 4) is 0 Å². The molecule has 2 fully saturated rings. The van der Waals surface area contributed by atoms with E-state index in [1.807, 2.05) is 0 Å². The molecule has 2 atom stereocenters. The van der Waals surface area contributed by atoms with Crippen molar-refractivity contribution < 1.29 is 27.8 Å². The number of likely N-dealkylation sites (tertiary alicyclic amines) is 1. The molecule has 5 nitrogen and oxygen atoms in total. The van der Waals surface area contributed by atoms with Gasteiger partial charge in [0.05, 0.1) is 12.1 Å². The van der Waals surface area contributed by atoms with Crippen LogP contribution in [0.4, 0.5) is 18.0 Å². The van der Waals surface area contributed by atoms with E-state index >= 15 is 0 Å². The van der Waals surface area contributed by atoms with Gasteiger partial charge in [0, 0.05) is 33.0 Å². The topological polar surface area (TPSA) is 61.8 Å². The highest BCUT2D eigenvalue weighted by Gasteiger charge is 2.55. The molecule has 0 unspecified atom stereocenters. The summed E-state index contributed by atoms with van der Waals surface area (Å²) < 4.78 is 43.6. The maximum atomic E-state index is 12.7. The molecule has 1 heterocycles. The molecule has 0 spiro atoms. The predicted molar refractivity (Wildman–Crippen MR) is 73.4 cm³/mol. The third-order valence-electron chi connectivity index (χ3n) is 4.72. The average Bonchev–Trinajstić information content (AvgIpc) is 2.47. The fourth-order valence-corrected chi connectivity index (χ4v) is 3.16. The van der Waals surface area contributed by atoms with E-state index in [0.29, 0.717) is 0 Å². The first kappa shape index (κ1) is 17.3. The van der Waals surface area contributed by atoms with Crippen molar-refractivity contribution in [3.63, 3.8) is 0 Å². The molecule has 1 saturated heterocycles. The van der Waals surface area contributed by atoms with Crippen molar-refractivity contribution in [3.05, 3.63) is 0 Å². The van der Waals surface area contributed by atoms with Crippen LogP contribution in [0.3, 0.4) is 0 Å². The van der Waals surface area contributed by atoms with Crippen molar-refractivity contribution in [2.45, 2.75) is 62.4 Å². The Morgan fingerprint density at radius 3 is 2.41 bits per heavy atom. The second-order valence-corrected chi connectivity index (χ2v) is 6.13. The molecule has 2 aliphatic rings. The highest BCUT2D eigenvalue weighted by molar-refractivity contribution is 5.74. The number of halogens is 3. The van der Waals surface area contributed by atoms with Crippen LogP contribution in [0.1, 0.15) is 38.5 Å². The van der Waals surface area contributed by atoms with Gasteiger partial charge in [0.15, 0.2) is 5.60 Å². The number of hydrogen-bond acceptors (Lipinski definition) is 3. The highest BCUT2D eigenvalue weighted by Crippen LogP contribution is 2.38. The Hall–Kier alpha value is -1.02. The van der Waals surface area contributed by atoms with Crippen LogP contribution in [0.2, 0.25) is 0 Å². The molecule has 1 aliphatic heterocycles. The number of alkyl halides is 3. The molecule has 0 radical (unpaired) electrons. The van der Waals surface area contributed by atoms with Crippen LogP contribution in [0, 0.1) is 0 Å². The summed E-state index contributed by atoms with van der Waals surface area (Å²) in [5, 5.41) is 12.5. The Labute approximate surface area is 127 Å². The van der Waals surface area contributed by atoms with Crippen LogP contribution >= 0.6 is 0 Å². The van der Waals surface area contributed by atoms with Gasteiger partial charge in [0.1, 0.15) is 0 Å². The van der Waals surface area contributed by atoms with Gasteiger partial charge in [-0.15, -0.1) is 0 Å². The number of aliphatic hydroxyl groups is 1. The zero-order chi connectivity index (χ0) is 16.4. The number of carbonyl (C=O) groups excluding carboxylic acids is 1. The number of nitrogens with zero attached hydrogens (tertiary/aromatic N) is 1. The summed E-state index contributed by atoms with van der Waals surface area (Å²) in [4.78, 5) is 13.5. The van der Waals surface area contributed by atoms with Gasteiger partial charge < -0.3 is 20.1 Å². The number of methoxy groups -OCH3 is 1. The van der Waals surface area contributed by atoms with E-state index in [2.05, 4.69) is 5.32 Å². The maximum absolute atomic E-state index is 12.7. The summed E-state index contributed by atoms with van der Waals surface area (Å²) >= 11 is 0. The summed E-state index contributed by atoms with van der Waals surface area (Å²) in [5.74, 6) is 0. The van der Waals surface area contributed by atoms with Crippen molar-refractivity contribution in [1.82, 2.24) is 10.2 Å². The second kappa shape index (κ2) is 6.62. The van der Waals surface area contributed by atoms with Crippen LogP contribution in [0.15, 0.2) is 0 Å². The molecule has 1 saturated carbocycles. The van der Waals surface area contributed by atoms with Gasteiger partial charge in [-0.25, -0.2) is 4.79 Å². The molecular formula is C14H23F3N2O3. The van der Waals surface area contributed by atoms with Gasteiger partial charge in [0.25, 0.3) is 0 Å². The van der Waals surface area contributed by atoms with Crippen molar-refractivity contribution in [1.29, 1.82) is 0 Å². The molecule has 0 aromatic rings. The third-order valence-corrected chi connectivity index (χ3v) is 4.72. The van der Waals surface area contributed by atoms with Gasteiger partial charge in [0.2, 0.25) is 0 Å². The molecule has 2 N–H and O–H groups in total. The first-order valence-electron chi connectivity index (χ1n) is 7.64. The Morgan fingerprint density at radius 2 is 1.86 bits per heavy atom. The van der Waals surface area contributed by atoms with E-state index < -0.39 is 24.6 Å². The lowest BCUT2D eigenvalue weighted by molar-refractivity contribution is -0.271. The fourth-order valence-electron chi connectivity index (χ4n) is 3.16. The quantitative estimate of drug-likeness (QED) is 0.817. The number of ether oxygens (including phenoxy) is 1. The molecule has 8 heteroatoms. The average molecular weight is 324 g/mol. The number of amides is 2. The molecule has 2 amide bonds. The van der Waals surface area contributed by atoms with E-state index in [1.165, 1.54) is 4.90 Å². The Kier molecular flexibility index (Phi) is 5.21. The Balaban J connectivity index is 1.87. The molecule has 22 heavy (non-hydrogen) atoms. The van der Waals surface area contributed by atoms with Gasteiger partial charge in [-0.1, -0.05) is 12.8 Å². The SMILES string of the molecule is CO[C@H]1CCCC[C@@H]1NC(=O)N1CCC(O)(C(F)(F)F)CC1. The van der Waals surface area contributed by atoms with E-state index in [-0.39, 0.29) is 31.3 Å². The van der Waals surface area contributed by atoms with Gasteiger partial charge in [-0.2, -0.15) is 13.2 Å². The lowest BCUT2D eigenvalue weighted by Crippen LogP contribution is -2.57. The summed E-state index contributed by atoms with van der Waals surface area (Å²) in [6, 6.07) is -0.479. The smallest absolute Gasteiger partial charge is 0.380 e. The Bertz CT molecular complexity index is 395. The van der Waals surface area contributed by atoms with Crippen molar-refractivity contribution >= 4 is 6.03 Å². The van der Waals surface area contributed by atoms with Gasteiger partial charge in [-0.05, 0) is 12.8 Å². The van der Waals surface area contributed by atoms with Crippen LogP contribution < -0.4 is 5.32 Å². The van der Waals surface area contributed by atoms with Crippen LogP contribution in [-0.4, -0.2) is 60.2 Å². The molecule has 0 aromatic carbocycles. The van der Waals surface area contributed by atoms with E-state index in [9.17, 15) is 23.1 Å². The number of nitrogens with one attached hydrogen (secondary N) is 1. The second-order valence-electron chi connectivity index (χ2n) is 6.13. The maximum Gasteiger partial charge on any atom is 0.417 e. The summed E-state index contributed by atoms with van der Waals surface area (Å²) in [7, 11) is 1.60. The number of hydrogen-bond donors (Lipinski definition) is 2. The van der Waals surface area contributed by atoms with Crippen LogP contribution in [-0.2, 0) is 4.74 Å². The minimum atomic E-state index is -4.65. The van der Waals surface area contributed by atoms with Crippen molar-refractivity contribution in [2.24, 2.45) is 0 Å². The number of carbonyl (C=O) groups is 1. The summed E-state index contributed by atoms with van der Waals surface area (Å²) in [5.41, 5.74) is -2.68. The number of rotatable bonds is 2. The first-order chi connectivity index (χ1) is 10.3. The molecule has 0 aromatic heterocycles. The lowest BCUT2D eigenvalue weighted by Gasteiger charge is -2.40. The summed E-state index contributed by atoms with van der Waals surface area (Å²) in [6.07, 6.45) is -1.94. The van der Waals surface area contributed by atoms with Crippen LogP contribution in [0.5, 0.6) is 0 Å². The van der Waals surface area contributed by atoms with Crippen LogP contribution in [0.25, 0.3) is 0 Å². The molecular weight excluding hydrogens is 301 g/mol. The number of urea groups is 1. The van der Waals surface area contributed by atoms with Gasteiger partial charge >= 0.3 is 12.2 Å². The lowest BCUT2D eigenvalue weighted by atomic mass is 9.90. The predicted octanol–water partition coefficient (Wildman–Crippen LogP) is 2.04. The Morgan fingerprint density at radius 1 is 1.27 bits per heavy atom. The summed E-state index contributed by atoms with van der Waals surface area (Å²) in [6.45, 7) is -0.210. The molecule has 0 bridgehead atoms. The van der Waals surface area contributed by atoms with Gasteiger partial charge in [-0.3, -0.25) is 0 Å². The third kappa shape index (κ3) is 3.65. The fraction of sp³-hybridized carbons (Fsp3) is 0.929. The first-order valence-corrected chi connectivity index (χ1v) is 7.64. The zero-order valence-electron chi connectivity index (χ0n) is 12.7. The standard InChI is InChI=1S/C14H23F3N2O3/c1-22-11-5-3-2-4-10(11)18-12(20)19-8-6-13(21,7-9-19)14(15,16)17/h10-11,21H,2-9H2,1H3,(H,18,20)/t10-,11-/m0/s1. The minimum Gasteiger partial charge on any atom is -0.380 e. The zero-order valence-corrected chi connectivity index (χ0v) is 12.7. The van der Waals surface area contributed by atoms with Crippen molar-refractivity contribution in [2.75, 3.05) is 20.2 Å². The monoisotopic (exact) mass is 324 g/mol. The number of piperidine rings is 1. The van der Waals surface area contributed by atoms with E-state index in [4.69, 9.17) is 4.74 Å². The highest BCUT2D eigenvalue weighted by atomic mass is 19.4.